The van der Waals surface area contributed by atoms with Crippen molar-refractivity contribution in [2.75, 3.05) is 18.6 Å². The SMILES string of the molecule is CCCOc1cccc2c1[nH]c(=S)n2CCS(C)=O. The Morgan fingerprint density at radius 2 is 2.26 bits per heavy atom. The maximum Gasteiger partial charge on any atom is 0.178 e. The molecule has 1 heterocycles. The Morgan fingerprint density at radius 3 is 2.95 bits per heavy atom. The van der Waals surface area contributed by atoms with Crippen LogP contribution < -0.4 is 4.74 Å². The van der Waals surface area contributed by atoms with Gasteiger partial charge in [0.1, 0.15) is 11.3 Å². The zero-order chi connectivity index (χ0) is 13.8. The van der Waals surface area contributed by atoms with Gasteiger partial charge in [0.05, 0.1) is 12.1 Å². The standard InChI is InChI=1S/C13H18N2O2S2/c1-3-8-17-11-6-4-5-10-12(11)14-13(18)15(10)7-9-19(2)16/h4-6H,3,7-9H2,1-2H3,(H,14,18). The van der Waals surface area contributed by atoms with Crippen LogP contribution in [-0.4, -0.2) is 32.4 Å². The number of benzene rings is 1. The van der Waals surface area contributed by atoms with Crippen LogP contribution in [0.25, 0.3) is 11.0 Å². The number of rotatable bonds is 6. The Bertz CT molecular complexity index is 646. The molecule has 0 aliphatic heterocycles. The molecule has 0 spiro atoms. The zero-order valence-corrected chi connectivity index (χ0v) is 12.8. The fourth-order valence-electron chi connectivity index (χ4n) is 1.93. The van der Waals surface area contributed by atoms with Crippen LogP contribution in [-0.2, 0) is 17.3 Å². The van der Waals surface area contributed by atoms with E-state index in [1.807, 2.05) is 22.8 Å². The summed E-state index contributed by atoms with van der Waals surface area (Å²) in [5.74, 6) is 1.42. The molecule has 0 saturated heterocycles. The Labute approximate surface area is 120 Å². The van der Waals surface area contributed by atoms with E-state index in [0.29, 0.717) is 23.7 Å². The van der Waals surface area contributed by atoms with Gasteiger partial charge in [0.2, 0.25) is 0 Å². The van der Waals surface area contributed by atoms with Gasteiger partial charge in [0.15, 0.2) is 4.77 Å². The second kappa shape index (κ2) is 6.34. The van der Waals surface area contributed by atoms with Crippen molar-refractivity contribution in [3.05, 3.63) is 23.0 Å². The van der Waals surface area contributed by atoms with E-state index in [-0.39, 0.29) is 0 Å². The van der Waals surface area contributed by atoms with Crippen LogP contribution in [0, 0.1) is 4.77 Å². The number of nitrogens with zero attached hydrogens (tertiary/aromatic N) is 1. The van der Waals surface area contributed by atoms with E-state index in [9.17, 15) is 4.21 Å². The molecule has 1 aromatic carbocycles. The molecule has 1 atom stereocenters. The van der Waals surface area contributed by atoms with Gasteiger partial charge in [-0.25, -0.2) is 0 Å². The van der Waals surface area contributed by atoms with Crippen LogP contribution in [0.1, 0.15) is 13.3 Å². The summed E-state index contributed by atoms with van der Waals surface area (Å²) < 4.78 is 19.6. The minimum absolute atomic E-state index is 0.599. The molecular formula is C13H18N2O2S2. The molecule has 4 nitrogen and oxygen atoms in total. The highest BCUT2D eigenvalue weighted by Gasteiger charge is 2.09. The van der Waals surface area contributed by atoms with Gasteiger partial charge in [0.25, 0.3) is 0 Å². The number of aromatic nitrogens is 2. The number of para-hydroxylation sites is 1. The van der Waals surface area contributed by atoms with Crippen molar-refractivity contribution in [1.82, 2.24) is 9.55 Å². The van der Waals surface area contributed by atoms with Crippen LogP contribution >= 0.6 is 12.2 Å². The van der Waals surface area contributed by atoms with Gasteiger partial charge < -0.3 is 14.3 Å². The van der Waals surface area contributed by atoms with Crippen molar-refractivity contribution in [2.45, 2.75) is 19.9 Å². The summed E-state index contributed by atoms with van der Waals surface area (Å²) in [6.45, 7) is 3.41. The molecule has 0 saturated carbocycles. The Hall–Kier alpha value is -1.14. The molecule has 2 aromatic rings. The Morgan fingerprint density at radius 1 is 1.47 bits per heavy atom. The van der Waals surface area contributed by atoms with E-state index >= 15 is 0 Å². The van der Waals surface area contributed by atoms with Crippen molar-refractivity contribution >= 4 is 34.1 Å². The van der Waals surface area contributed by atoms with E-state index in [1.54, 1.807) is 6.26 Å². The highest BCUT2D eigenvalue weighted by Crippen LogP contribution is 2.25. The van der Waals surface area contributed by atoms with Gasteiger partial charge >= 0.3 is 0 Å². The van der Waals surface area contributed by atoms with E-state index < -0.39 is 10.8 Å². The van der Waals surface area contributed by atoms with Crippen LogP contribution in [0.5, 0.6) is 5.75 Å². The van der Waals surface area contributed by atoms with E-state index in [0.717, 1.165) is 23.2 Å². The van der Waals surface area contributed by atoms with Crippen molar-refractivity contribution in [2.24, 2.45) is 0 Å². The smallest absolute Gasteiger partial charge is 0.178 e. The molecule has 0 bridgehead atoms. The van der Waals surface area contributed by atoms with Gasteiger partial charge in [-0.3, -0.25) is 4.21 Å². The number of aromatic amines is 1. The minimum atomic E-state index is -0.824. The number of H-pyrrole nitrogens is 1. The van der Waals surface area contributed by atoms with E-state index in [2.05, 4.69) is 11.9 Å². The van der Waals surface area contributed by atoms with Gasteiger partial charge in [-0.05, 0) is 30.8 Å². The fraction of sp³-hybridized carbons (Fsp3) is 0.462. The van der Waals surface area contributed by atoms with Gasteiger partial charge in [-0.15, -0.1) is 0 Å². The number of ether oxygens (including phenoxy) is 1. The average Bonchev–Trinajstić information content (AvgIpc) is 2.70. The minimum Gasteiger partial charge on any atom is -0.491 e. The average molecular weight is 298 g/mol. The first-order chi connectivity index (χ1) is 9.13. The molecule has 1 N–H and O–H groups in total. The fourth-order valence-corrected chi connectivity index (χ4v) is 2.66. The summed E-state index contributed by atoms with van der Waals surface area (Å²) in [6, 6.07) is 5.89. The number of hydrogen-bond donors (Lipinski definition) is 1. The zero-order valence-electron chi connectivity index (χ0n) is 11.1. The van der Waals surface area contributed by atoms with Crippen LogP contribution in [0.3, 0.4) is 0 Å². The van der Waals surface area contributed by atoms with Crippen LogP contribution in [0.4, 0.5) is 0 Å². The topological polar surface area (TPSA) is 47.0 Å². The molecule has 2 rings (SSSR count). The number of fused-ring (bicyclic) bond motifs is 1. The highest BCUT2D eigenvalue weighted by atomic mass is 32.2. The molecule has 0 aliphatic carbocycles. The van der Waals surface area contributed by atoms with Gasteiger partial charge in [-0.1, -0.05) is 13.0 Å². The third kappa shape index (κ3) is 3.25. The molecule has 0 radical (unpaired) electrons. The summed E-state index contributed by atoms with van der Waals surface area (Å²) in [6.07, 6.45) is 2.67. The number of hydrogen-bond acceptors (Lipinski definition) is 3. The normalized spacial score (nSPS) is 12.7. The Kier molecular flexibility index (Phi) is 4.76. The van der Waals surface area contributed by atoms with E-state index in [4.69, 9.17) is 17.0 Å². The maximum absolute atomic E-state index is 11.2. The third-order valence-corrected chi connectivity index (χ3v) is 3.92. The molecule has 1 unspecified atom stereocenters. The first-order valence-corrected chi connectivity index (χ1v) is 8.41. The summed E-state index contributed by atoms with van der Waals surface area (Å²) in [4.78, 5) is 3.18. The second-order valence-corrected chi connectivity index (χ2v) is 6.30. The molecule has 0 amide bonds. The van der Waals surface area contributed by atoms with Crippen LogP contribution in [0.15, 0.2) is 18.2 Å². The molecule has 0 fully saturated rings. The number of imidazole rings is 1. The predicted octanol–water partition coefficient (Wildman–Crippen LogP) is 2.87. The van der Waals surface area contributed by atoms with Crippen molar-refractivity contribution < 1.29 is 8.95 Å². The lowest BCUT2D eigenvalue weighted by Gasteiger charge is -2.06. The third-order valence-electron chi connectivity index (χ3n) is 2.84. The molecule has 0 aliphatic rings. The number of aryl methyl sites for hydroxylation is 1. The van der Waals surface area contributed by atoms with Gasteiger partial charge in [0, 0.05) is 29.4 Å². The summed E-state index contributed by atoms with van der Waals surface area (Å²) >= 11 is 5.33. The largest absolute Gasteiger partial charge is 0.491 e. The number of nitrogens with one attached hydrogen (secondary N) is 1. The Balaban J connectivity index is 2.40. The quantitative estimate of drug-likeness (QED) is 0.834. The lowest BCUT2D eigenvalue weighted by atomic mass is 10.3. The lowest BCUT2D eigenvalue weighted by molar-refractivity contribution is 0.320. The summed E-state index contributed by atoms with van der Waals surface area (Å²) in [7, 11) is -0.824. The maximum atomic E-state index is 11.2. The second-order valence-electron chi connectivity index (χ2n) is 4.36. The monoisotopic (exact) mass is 298 g/mol. The molecular weight excluding hydrogens is 280 g/mol. The van der Waals surface area contributed by atoms with Crippen molar-refractivity contribution in [1.29, 1.82) is 0 Å². The van der Waals surface area contributed by atoms with Crippen molar-refractivity contribution in [3.63, 3.8) is 0 Å². The molecule has 1 aromatic heterocycles. The highest BCUT2D eigenvalue weighted by molar-refractivity contribution is 7.84. The molecule has 19 heavy (non-hydrogen) atoms. The summed E-state index contributed by atoms with van der Waals surface area (Å²) in [5, 5.41) is 0. The van der Waals surface area contributed by atoms with Crippen molar-refractivity contribution in [3.8, 4) is 5.75 Å². The van der Waals surface area contributed by atoms with E-state index in [1.165, 1.54) is 0 Å². The van der Waals surface area contributed by atoms with Gasteiger partial charge in [-0.2, -0.15) is 0 Å². The summed E-state index contributed by atoms with van der Waals surface area (Å²) in [5.41, 5.74) is 1.92. The predicted molar refractivity (Wildman–Crippen MR) is 81.8 cm³/mol. The van der Waals surface area contributed by atoms with Crippen LogP contribution in [0.2, 0.25) is 0 Å². The lowest BCUT2D eigenvalue weighted by Crippen LogP contribution is -2.06. The first-order valence-electron chi connectivity index (χ1n) is 6.28. The molecule has 6 heteroatoms. The first kappa shape index (κ1) is 14.3. The molecule has 104 valence electrons.